The molecule has 0 saturated heterocycles. The SMILES string of the molecule is CCCCCCCC/C=C/CCCCCC/C=C\CCCCCCC[C@@H](CCO)OC(C)=O. The Labute approximate surface area is 206 Å². The average molecular weight is 465 g/mol. The first-order valence-corrected chi connectivity index (χ1v) is 14.3. The molecule has 0 saturated carbocycles. The van der Waals surface area contributed by atoms with E-state index in [2.05, 4.69) is 31.2 Å². The summed E-state index contributed by atoms with van der Waals surface area (Å²) in [6, 6.07) is 0. The highest BCUT2D eigenvalue weighted by Crippen LogP contribution is 2.14. The summed E-state index contributed by atoms with van der Waals surface area (Å²) < 4.78 is 5.23. The summed E-state index contributed by atoms with van der Waals surface area (Å²) in [5.74, 6) is -0.244. The highest BCUT2D eigenvalue weighted by molar-refractivity contribution is 5.66. The van der Waals surface area contributed by atoms with Crippen molar-refractivity contribution in [3.8, 4) is 0 Å². The molecule has 1 atom stereocenters. The highest BCUT2D eigenvalue weighted by atomic mass is 16.5. The van der Waals surface area contributed by atoms with Gasteiger partial charge in [0, 0.05) is 20.0 Å². The molecule has 0 amide bonds. The molecule has 194 valence electrons. The van der Waals surface area contributed by atoms with E-state index in [0.29, 0.717) is 6.42 Å². The van der Waals surface area contributed by atoms with Gasteiger partial charge in [-0.05, 0) is 64.2 Å². The van der Waals surface area contributed by atoms with Gasteiger partial charge in [-0.25, -0.2) is 0 Å². The molecule has 0 bridgehead atoms. The Balaban J connectivity index is 3.31. The van der Waals surface area contributed by atoms with E-state index in [1.807, 2.05) is 0 Å². The van der Waals surface area contributed by atoms with Crippen LogP contribution in [0.2, 0.25) is 0 Å². The van der Waals surface area contributed by atoms with E-state index >= 15 is 0 Å². The van der Waals surface area contributed by atoms with Gasteiger partial charge in [0.05, 0.1) is 0 Å². The fourth-order valence-electron chi connectivity index (χ4n) is 4.20. The Morgan fingerprint density at radius 1 is 0.636 bits per heavy atom. The van der Waals surface area contributed by atoms with Gasteiger partial charge < -0.3 is 9.84 Å². The smallest absolute Gasteiger partial charge is 0.302 e. The quantitative estimate of drug-likeness (QED) is 0.0831. The van der Waals surface area contributed by atoms with Crippen molar-refractivity contribution in [1.29, 1.82) is 0 Å². The summed E-state index contributed by atoms with van der Waals surface area (Å²) in [5.41, 5.74) is 0. The zero-order valence-corrected chi connectivity index (χ0v) is 22.2. The topological polar surface area (TPSA) is 46.5 Å². The van der Waals surface area contributed by atoms with Gasteiger partial charge in [-0.15, -0.1) is 0 Å². The zero-order valence-electron chi connectivity index (χ0n) is 22.2. The summed E-state index contributed by atoms with van der Waals surface area (Å²) >= 11 is 0. The number of aliphatic hydroxyl groups excluding tert-OH is 1. The fraction of sp³-hybridized carbons (Fsp3) is 0.833. The first-order chi connectivity index (χ1) is 16.2. The second-order valence-corrected chi connectivity index (χ2v) is 9.58. The maximum atomic E-state index is 11.0. The van der Waals surface area contributed by atoms with E-state index in [4.69, 9.17) is 9.84 Å². The van der Waals surface area contributed by atoms with Gasteiger partial charge in [0.15, 0.2) is 0 Å². The first-order valence-electron chi connectivity index (χ1n) is 14.3. The molecule has 0 aromatic heterocycles. The van der Waals surface area contributed by atoms with Crippen LogP contribution >= 0.6 is 0 Å². The van der Waals surface area contributed by atoms with Crippen LogP contribution in [0.4, 0.5) is 0 Å². The maximum Gasteiger partial charge on any atom is 0.302 e. The molecule has 0 aliphatic rings. The number of carbonyl (C=O) groups excluding carboxylic acids is 1. The van der Waals surface area contributed by atoms with E-state index in [-0.39, 0.29) is 18.7 Å². The second kappa shape index (κ2) is 27.2. The van der Waals surface area contributed by atoms with Gasteiger partial charge in [-0.2, -0.15) is 0 Å². The van der Waals surface area contributed by atoms with E-state index in [0.717, 1.165) is 12.8 Å². The van der Waals surface area contributed by atoms with Crippen LogP contribution in [0, 0.1) is 0 Å². The summed E-state index contributed by atoms with van der Waals surface area (Å²) in [4.78, 5) is 11.0. The van der Waals surface area contributed by atoms with E-state index in [1.165, 1.54) is 122 Å². The van der Waals surface area contributed by atoms with Crippen molar-refractivity contribution < 1.29 is 14.6 Å². The zero-order chi connectivity index (χ0) is 24.2. The van der Waals surface area contributed by atoms with Crippen molar-refractivity contribution in [2.45, 2.75) is 155 Å². The number of hydrogen-bond acceptors (Lipinski definition) is 3. The predicted molar refractivity (Wildman–Crippen MR) is 144 cm³/mol. The van der Waals surface area contributed by atoms with Crippen molar-refractivity contribution in [3.63, 3.8) is 0 Å². The lowest BCUT2D eigenvalue weighted by Crippen LogP contribution is -2.17. The molecule has 0 aromatic carbocycles. The maximum absolute atomic E-state index is 11.0. The molecular weight excluding hydrogens is 408 g/mol. The Morgan fingerprint density at radius 2 is 1.03 bits per heavy atom. The molecule has 1 N–H and O–H groups in total. The van der Waals surface area contributed by atoms with Crippen LogP contribution in [0.25, 0.3) is 0 Å². The third kappa shape index (κ3) is 27.0. The van der Waals surface area contributed by atoms with Crippen LogP contribution in [0.3, 0.4) is 0 Å². The minimum atomic E-state index is -0.244. The molecule has 0 heterocycles. The van der Waals surface area contributed by atoms with E-state index in [1.54, 1.807) is 0 Å². The third-order valence-corrected chi connectivity index (χ3v) is 6.23. The third-order valence-electron chi connectivity index (χ3n) is 6.23. The Kier molecular flexibility index (Phi) is 26.3. The van der Waals surface area contributed by atoms with Crippen LogP contribution in [0.15, 0.2) is 24.3 Å². The molecule has 0 spiro atoms. The Bertz CT molecular complexity index is 455. The number of rotatable bonds is 25. The van der Waals surface area contributed by atoms with Crippen LogP contribution < -0.4 is 0 Å². The lowest BCUT2D eigenvalue weighted by atomic mass is 10.0. The first kappa shape index (κ1) is 31.9. The monoisotopic (exact) mass is 464 g/mol. The molecule has 3 nitrogen and oxygen atoms in total. The lowest BCUT2D eigenvalue weighted by molar-refractivity contribution is -0.147. The van der Waals surface area contributed by atoms with Crippen molar-refractivity contribution in [2.75, 3.05) is 6.61 Å². The number of hydrogen-bond donors (Lipinski definition) is 1. The minimum Gasteiger partial charge on any atom is -0.462 e. The number of allylic oxidation sites excluding steroid dienone is 4. The van der Waals surface area contributed by atoms with Crippen LogP contribution in [0.1, 0.15) is 149 Å². The number of unbranched alkanes of at least 4 members (excludes halogenated alkanes) is 16. The summed E-state index contributed by atoms with van der Waals surface area (Å²) in [6.07, 6.45) is 35.6. The van der Waals surface area contributed by atoms with Gasteiger partial charge >= 0.3 is 5.97 Å². The molecule has 0 fully saturated rings. The van der Waals surface area contributed by atoms with Gasteiger partial charge in [0.25, 0.3) is 0 Å². The van der Waals surface area contributed by atoms with Crippen LogP contribution in [-0.2, 0) is 9.53 Å². The van der Waals surface area contributed by atoms with Gasteiger partial charge in [0.1, 0.15) is 6.10 Å². The van der Waals surface area contributed by atoms with Gasteiger partial charge in [0.2, 0.25) is 0 Å². The largest absolute Gasteiger partial charge is 0.462 e. The molecule has 0 rings (SSSR count). The van der Waals surface area contributed by atoms with Crippen molar-refractivity contribution in [3.05, 3.63) is 24.3 Å². The van der Waals surface area contributed by atoms with Crippen molar-refractivity contribution >= 4 is 5.97 Å². The molecule has 0 aliphatic heterocycles. The lowest BCUT2D eigenvalue weighted by Gasteiger charge is -2.15. The summed E-state index contributed by atoms with van der Waals surface area (Å²) in [5, 5.41) is 9.03. The highest BCUT2D eigenvalue weighted by Gasteiger charge is 2.10. The normalized spacial score (nSPS) is 12.7. The van der Waals surface area contributed by atoms with Gasteiger partial charge in [-0.1, -0.05) is 95.4 Å². The molecular formula is C30H56O3. The summed E-state index contributed by atoms with van der Waals surface area (Å²) in [6.45, 7) is 3.80. The van der Waals surface area contributed by atoms with E-state index in [9.17, 15) is 4.79 Å². The van der Waals surface area contributed by atoms with Crippen LogP contribution in [-0.4, -0.2) is 23.8 Å². The number of aliphatic hydroxyl groups is 1. The van der Waals surface area contributed by atoms with Crippen molar-refractivity contribution in [2.24, 2.45) is 0 Å². The molecule has 0 radical (unpaired) electrons. The number of carbonyl (C=O) groups is 1. The minimum absolute atomic E-state index is 0.0843. The van der Waals surface area contributed by atoms with Crippen molar-refractivity contribution in [1.82, 2.24) is 0 Å². The van der Waals surface area contributed by atoms with Gasteiger partial charge in [-0.3, -0.25) is 4.79 Å². The van der Waals surface area contributed by atoms with E-state index < -0.39 is 0 Å². The molecule has 0 aromatic rings. The molecule has 0 unspecified atom stereocenters. The molecule has 3 heteroatoms. The Morgan fingerprint density at radius 3 is 1.42 bits per heavy atom. The predicted octanol–water partition coefficient (Wildman–Crippen LogP) is 9.23. The average Bonchev–Trinajstić information content (AvgIpc) is 2.79. The molecule has 33 heavy (non-hydrogen) atoms. The summed E-state index contributed by atoms with van der Waals surface area (Å²) in [7, 11) is 0. The Hall–Kier alpha value is -1.09. The number of esters is 1. The fourth-order valence-corrected chi connectivity index (χ4v) is 4.20. The molecule has 0 aliphatic carbocycles. The number of ether oxygens (including phenoxy) is 1. The second-order valence-electron chi connectivity index (χ2n) is 9.58. The van der Waals surface area contributed by atoms with Crippen LogP contribution in [0.5, 0.6) is 0 Å². The standard InChI is InChI=1S/C30H56O3/c1-3-4-5-6-7-8-9-10-11-12-13-14-15-16-17-18-19-20-21-22-23-24-25-26-30(27-28-31)33-29(2)32/h10-11,18-19,30-31H,3-9,12-17,20-28H2,1-2H3/b11-10+,19-18-/t30-/m0/s1.